The molecule has 0 N–H and O–H groups in total. The largest absolute Gasteiger partial charge is 0.462 e. The highest BCUT2D eigenvalue weighted by Gasteiger charge is 2.22. The zero-order chi connectivity index (χ0) is 32.8. The third kappa shape index (κ3) is 19.2. The van der Waals surface area contributed by atoms with Gasteiger partial charge in [-0.3, -0.25) is 19.7 Å². The Balaban J connectivity index is 2.24. The van der Waals surface area contributed by atoms with Gasteiger partial charge in [-0.1, -0.05) is 113 Å². The molecule has 0 aliphatic rings. The van der Waals surface area contributed by atoms with Crippen LogP contribution in [0.2, 0.25) is 0 Å². The van der Waals surface area contributed by atoms with E-state index in [4.69, 9.17) is 9.47 Å². The highest BCUT2D eigenvalue weighted by atomic mass is 79.9. The molecule has 9 heteroatoms. The van der Waals surface area contributed by atoms with Crippen LogP contribution in [0.4, 0.5) is 5.69 Å². The molecule has 44 heavy (non-hydrogen) atoms. The number of ether oxygens (including phenoxy) is 2. The van der Waals surface area contributed by atoms with E-state index >= 15 is 0 Å². The number of halogens is 1. The molecular weight excluding hydrogens is 626 g/mol. The zero-order valence-corrected chi connectivity index (χ0v) is 29.2. The van der Waals surface area contributed by atoms with Crippen molar-refractivity contribution in [2.45, 2.75) is 154 Å². The van der Waals surface area contributed by atoms with Crippen molar-refractivity contribution in [1.82, 2.24) is 0 Å². The second kappa shape index (κ2) is 23.1. The van der Waals surface area contributed by atoms with E-state index in [2.05, 4.69) is 29.8 Å². The van der Waals surface area contributed by atoms with Gasteiger partial charge in [0.2, 0.25) is 0 Å². The predicted octanol–water partition coefficient (Wildman–Crippen LogP) is 10.2. The number of ketones is 1. The van der Waals surface area contributed by atoms with Gasteiger partial charge in [0.05, 0.1) is 27.0 Å². The molecule has 0 bridgehead atoms. The minimum Gasteiger partial charge on any atom is -0.462 e. The fourth-order valence-electron chi connectivity index (χ4n) is 4.91. The number of rotatable bonds is 26. The lowest BCUT2D eigenvalue weighted by Gasteiger charge is -2.13. The monoisotopic (exact) mass is 681 g/mol. The molecule has 0 spiro atoms. The van der Waals surface area contributed by atoms with Crippen molar-refractivity contribution >= 4 is 39.3 Å². The van der Waals surface area contributed by atoms with E-state index in [1.165, 1.54) is 56.7 Å². The molecule has 0 radical (unpaired) electrons. The van der Waals surface area contributed by atoms with Crippen LogP contribution in [0.1, 0.15) is 159 Å². The van der Waals surface area contributed by atoms with Gasteiger partial charge in [-0.05, 0) is 51.2 Å². The van der Waals surface area contributed by atoms with Gasteiger partial charge in [0.15, 0.2) is 0 Å². The lowest BCUT2D eigenvalue weighted by molar-refractivity contribution is -0.385. The van der Waals surface area contributed by atoms with Gasteiger partial charge in [0.1, 0.15) is 12.4 Å². The molecule has 1 rings (SSSR count). The molecule has 0 aliphatic carbocycles. The second-order valence-corrected chi connectivity index (χ2v) is 14.8. The van der Waals surface area contributed by atoms with Gasteiger partial charge < -0.3 is 9.47 Å². The maximum Gasteiger partial charge on any atom is 0.338 e. The van der Waals surface area contributed by atoms with Crippen molar-refractivity contribution in [1.29, 1.82) is 0 Å². The Morgan fingerprint density at radius 1 is 0.795 bits per heavy atom. The quantitative estimate of drug-likeness (QED) is 0.0314. The second-order valence-electron chi connectivity index (χ2n) is 12.8. The molecule has 0 saturated heterocycles. The van der Waals surface area contributed by atoms with Crippen molar-refractivity contribution < 1.29 is 28.8 Å². The van der Waals surface area contributed by atoms with Crippen LogP contribution in [0.15, 0.2) is 18.2 Å². The predicted molar refractivity (Wildman–Crippen MR) is 179 cm³/mol. The number of unbranched alkanes of at least 4 members (excludes halogenated alkanes) is 13. The van der Waals surface area contributed by atoms with Gasteiger partial charge in [-0.25, -0.2) is 4.79 Å². The van der Waals surface area contributed by atoms with E-state index in [0.717, 1.165) is 70.1 Å². The molecule has 250 valence electrons. The summed E-state index contributed by atoms with van der Waals surface area (Å²) in [6.07, 6.45) is 18.0. The van der Waals surface area contributed by atoms with E-state index in [1.54, 1.807) is 0 Å². The zero-order valence-electron chi connectivity index (χ0n) is 27.6. The van der Waals surface area contributed by atoms with Gasteiger partial charge in [-0.15, -0.1) is 0 Å². The fraction of sp³-hybridized carbons (Fsp3) is 0.743. The summed E-state index contributed by atoms with van der Waals surface area (Å²) in [4.78, 5) is 47.6. The molecule has 0 unspecified atom stereocenters. The van der Waals surface area contributed by atoms with E-state index in [1.807, 2.05) is 13.8 Å². The Labute approximate surface area is 273 Å². The van der Waals surface area contributed by atoms with E-state index in [0.29, 0.717) is 12.8 Å². The maximum atomic E-state index is 12.5. The van der Waals surface area contributed by atoms with Crippen molar-refractivity contribution in [3.8, 4) is 0 Å². The standard InChI is InChI=1S/C35H56BrNO7/c1-28(2)20-16-12-8-5-6-10-14-18-22-33(39)44-27-30-24-23-29(26-31(30)37(41)42)34(40)43-25-19-15-11-7-9-13-17-21-32(38)35(3,4)36/h23-24,26,28H,5-22,25,27H2,1-4H3. The number of hydrogen-bond donors (Lipinski definition) is 0. The highest BCUT2D eigenvalue weighted by Crippen LogP contribution is 2.23. The van der Waals surface area contributed by atoms with Crippen LogP contribution in [-0.2, 0) is 25.7 Å². The van der Waals surface area contributed by atoms with Crippen LogP contribution < -0.4 is 0 Å². The molecular formula is C35H56BrNO7. The first-order valence-corrected chi connectivity index (χ1v) is 17.5. The topological polar surface area (TPSA) is 113 Å². The minimum atomic E-state index is -0.605. The number of carbonyl (C=O) groups excluding carboxylic acids is 3. The number of hydrogen-bond acceptors (Lipinski definition) is 7. The average molecular weight is 683 g/mol. The summed E-state index contributed by atoms with van der Waals surface area (Å²) in [6.45, 7) is 8.31. The number of Topliss-reactive ketones (excluding diaryl/α,β-unsaturated/α-hetero) is 1. The molecule has 0 saturated carbocycles. The number of nitro benzene ring substituents is 1. The minimum absolute atomic E-state index is 0.105. The Hall–Kier alpha value is -2.29. The van der Waals surface area contributed by atoms with Gasteiger partial charge in [0, 0.05) is 18.9 Å². The van der Waals surface area contributed by atoms with Gasteiger partial charge >= 0.3 is 11.9 Å². The number of nitro groups is 1. The number of benzene rings is 1. The summed E-state index contributed by atoms with van der Waals surface area (Å²) in [5.74, 6) is 0.0312. The van der Waals surface area contributed by atoms with Crippen molar-refractivity contribution in [2.24, 2.45) is 5.92 Å². The normalized spacial score (nSPS) is 11.5. The third-order valence-corrected chi connectivity index (χ3v) is 8.21. The molecule has 0 aromatic heterocycles. The Bertz CT molecular complexity index is 1000. The van der Waals surface area contributed by atoms with Crippen LogP contribution >= 0.6 is 15.9 Å². The van der Waals surface area contributed by atoms with Crippen LogP contribution in [-0.4, -0.2) is 33.6 Å². The van der Waals surface area contributed by atoms with E-state index in [9.17, 15) is 24.5 Å². The number of nitrogens with zero attached hydrogens (tertiary/aromatic N) is 1. The smallest absolute Gasteiger partial charge is 0.338 e. The van der Waals surface area contributed by atoms with Crippen LogP contribution in [0.5, 0.6) is 0 Å². The average Bonchev–Trinajstić information content (AvgIpc) is 2.96. The van der Waals surface area contributed by atoms with Crippen LogP contribution in [0.3, 0.4) is 0 Å². The van der Waals surface area contributed by atoms with Gasteiger partial charge in [-0.2, -0.15) is 0 Å². The molecule has 1 aromatic carbocycles. The summed E-state index contributed by atoms with van der Waals surface area (Å²) in [7, 11) is 0. The summed E-state index contributed by atoms with van der Waals surface area (Å²) in [6, 6.07) is 4.12. The van der Waals surface area contributed by atoms with E-state index < -0.39 is 15.2 Å². The number of alkyl halides is 1. The molecule has 0 atom stereocenters. The molecule has 8 nitrogen and oxygen atoms in total. The molecule has 0 amide bonds. The fourth-order valence-corrected chi connectivity index (χ4v) is 5.11. The summed E-state index contributed by atoms with van der Waals surface area (Å²) < 4.78 is 10.2. The SMILES string of the molecule is CC(C)CCCCCCCCCCC(=O)OCc1ccc(C(=O)OCCCCCCCCCC(=O)C(C)(C)Br)cc1[N+](=O)[O-]. The lowest BCUT2D eigenvalue weighted by atomic mass is 10.0. The number of carbonyl (C=O) groups is 3. The first-order valence-electron chi connectivity index (χ1n) is 16.7. The number of esters is 2. The van der Waals surface area contributed by atoms with Gasteiger partial charge in [0.25, 0.3) is 5.69 Å². The lowest BCUT2D eigenvalue weighted by Crippen LogP contribution is -2.23. The summed E-state index contributed by atoms with van der Waals surface area (Å²) >= 11 is 3.40. The molecule has 1 aromatic rings. The summed E-state index contributed by atoms with van der Waals surface area (Å²) in [5, 5.41) is 11.6. The summed E-state index contributed by atoms with van der Waals surface area (Å²) in [5.41, 5.74) is 0.0904. The molecule has 0 heterocycles. The van der Waals surface area contributed by atoms with Crippen molar-refractivity contribution in [3.63, 3.8) is 0 Å². The Morgan fingerprint density at radius 3 is 1.86 bits per heavy atom. The maximum absolute atomic E-state index is 12.5. The molecule has 0 fully saturated rings. The van der Waals surface area contributed by atoms with Crippen LogP contribution in [0.25, 0.3) is 0 Å². The third-order valence-electron chi connectivity index (χ3n) is 7.76. The Morgan fingerprint density at radius 2 is 1.32 bits per heavy atom. The van der Waals surface area contributed by atoms with Crippen molar-refractivity contribution in [2.75, 3.05) is 6.61 Å². The van der Waals surface area contributed by atoms with Crippen molar-refractivity contribution in [3.05, 3.63) is 39.4 Å². The Kier molecular flexibility index (Phi) is 20.9. The highest BCUT2D eigenvalue weighted by molar-refractivity contribution is 9.10. The first kappa shape index (κ1) is 39.7. The van der Waals surface area contributed by atoms with E-state index in [-0.39, 0.29) is 41.8 Å². The van der Waals surface area contributed by atoms with Crippen LogP contribution in [0, 0.1) is 16.0 Å². The molecule has 0 aliphatic heterocycles. The first-order chi connectivity index (χ1) is 20.9.